The van der Waals surface area contributed by atoms with Crippen LogP contribution in [0.1, 0.15) is 23.1 Å². The van der Waals surface area contributed by atoms with Gasteiger partial charge in [0.25, 0.3) is 0 Å². The second kappa shape index (κ2) is 8.69. The largest absolute Gasteiger partial charge is 0.316 e. The van der Waals surface area contributed by atoms with E-state index in [-0.39, 0.29) is 5.91 Å². The van der Waals surface area contributed by atoms with Crippen molar-refractivity contribution in [2.24, 2.45) is 4.99 Å². The standard InChI is InChI=1S/C21H24N2OS2/c1-15-13-18-19(14-16(15)2)26-21(23(18)11-12-25-3)22-20(24)10-9-17-7-5-4-6-8-17/h4-8,13-14H,9-12H2,1-3H3. The number of carbonyl (C=O) groups is 1. The van der Waals surface area contributed by atoms with E-state index in [1.807, 2.05) is 30.0 Å². The van der Waals surface area contributed by atoms with Gasteiger partial charge in [0.1, 0.15) is 0 Å². The summed E-state index contributed by atoms with van der Waals surface area (Å²) in [4.78, 5) is 17.7. The fourth-order valence-corrected chi connectivity index (χ4v) is 4.38. The maximum absolute atomic E-state index is 12.4. The second-order valence-corrected chi connectivity index (χ2v) is 8.42. The lowest BCUT2D eigenvalue weighted by atomic mass is 10.1. The number of thioether (sulfide) groups is 1. The van der Waals surface area contributed by atoms with Crippen molar-refractivity contribution in [3.8, 4) is 0 Å². The minimum absolute atomic E-state index is 0.0493. The van der Waals surface area contributed by atoms with Crippen LogP contribution in [-0.4, -0.2) is 22.5 Å². The first-order valence-corrected chi connectivity index (χ1v) is 11.0. The van der Waals surface area contributed by atoms with Gasteiger partial charge in [-0.1, -0.05) is 41.7 Å². The number of thiazole rings is 1. The van der Waals surface area contributed by atoms with Crippen molar-refractivity contribution in [1.29, 1.82) is 0 Å². The Labute approximate surface area is 162 Å². The van der Waals surface area contributed by atoms with Crippen LogP contribution in [-0.2, 0) is 17.8 Å². The smallest absolute Gasteiger partial charge is 0.248 e. The van der Waals surface area contributed by atoms with Gasteiger partial charge >= 0.3 is 0 Å². The van der Waals surface area contributed by atoms with Gasteiger partial charge in [-0.2, -0.15) is 16.8 Å². The zero-order valence-corrected chi connectivity index (χ0v) is 17.1. The van der Waals surface area contributed by atoms with Crippen LogP contribution in [0.4, 0.5) is 0 Å². The predicted molar refractivity (Wildman–Crippen MR) is 113 cm³/mol. The van der Waals surface area contributed by atoms with Crippen molar-refractivity contribution >= 4 is 39.2 Å². The average Bonchev–Trinajstić information content (AvgIpc) is 2.95. The summed E-state index contributed by atoms with van der Waals surface area (Å²) in [6.45, 7) is 5.13. The third-order valence-corrected chi connectivity index (χ3v) is 6.14. The van der Waals surface area contributed by atoms with Crippen LogP contribution in [0.15, 0.2) is 47.5 Å². The average molecular weight is 385 g/mol. The molecule has 0 bridgehead atoms. The highest BCUT2D eigenvalue weighted by molar-refractivity contribution is 7.98. The van der Waals surface area contributed by atoms with Gasteiger partial charge in [0.2, 0.25) is 5.91 Å². The van der Waals surface area contributed by atoms with Crippen molar-refractivity contribution in [3.05, 3.63) is 64.0 Å². The molecule has 0 unspecified atom stereocenters. The molecular formula is C21H24N2OS2. The fraction of sp³-hybridized carbons (Fsp3) is 0.333. The number of hydrogen-bond acceptors (Lipinski definition) is 3. The minimum atomic E-state index is -0.0493. The Bertz CT molecular complexity index is 971. The Morgan fingerprint density at radius 2 is 1.88 bits per heavy atom. The third-order valence-electron chi connectivity index (χ3n) is 4.51. The van der Waals surface area contributed by atoms with Gasteiger partial charge in [-0.15, -0.1) is 0 Å². The fourth-order valence-electron chi connectivity index (χ4n) is 2.86. The van der Waals surface area contributed by atoms with Crippen LogP contribution in [0.3, 0.4) is 0 Å². The Kier molecular flexibility index (Phi) is 6.33. The molecule has 2 aromatic carbocycles. The molecule has 0 saturated heterocycles. The molecule has 0 spiro atoms. The molecular weight excluding hydrogens is 360 g/mol. The molecule has 3 nitrogen and oxygen atoms in total. The van der Waals surface area contributed by atoms with E-state index in [4.69, 9.17) is 0 Å². The number of hydrogen-bond donors (Lipinski definition) is 0. The van der Waals surface area contributed by atoms with E-state index in [9.17, 15) is 4.79 Å². The van der Waals surface area contributed by atoms with E-state index in [0.29, 0.717) is 6.42 Å². The molecule has 3 aromatic rings. The maximum atomic E-state index is 12.4. The van der Waals surface area contributed by atoms with Crippen LogP contribution < -0.4 is 4.80 Å². The van der Waals surface area contributed by atoms with E-state index in [0.717, 1.165) is 23.5 Å². The Hall–Kier alpha value is -1.85. The summed E-state index contributed by atoms with van der Waals surface area (Å²) in [5.41, 5.74) is 4.91. The van der Waals surface area contributed by atoms with Gasteiger partial charge in [-0.05, 0) is 55.3 Å². The quantitative estimate of drug-likeness (QED) is 0.615. The van der Waals surface area contributed by atoms with Crippen LogP contribution in [0, 0.1) is 13.8 Å². The number of amides is 1. The van der Waals surface area contributed by atoms with Crippen LogP contribution in [0.2, 0.25) is 0 Å². The van der Waals surface area contributed by atoms with E-state index in [1.54, 1.807) is 11.3 Å². The maximum Gasteiger partial charge on any atom is 0.248 e. The van der Waals surface area contributed by atoms with Gasteiger partial charge < -0.3 is 4.57 Å². The molecule has 26 heavy (non-hydrogen) atoms. The summed E-state index contributed by atoms with van der Waals surface area (Å²) >= 11 is 3.42. The summed E-state index contributed by atoms with van der Waals surface area (Å²) in [5.74, 6) is 0.955. The number of rotatable bonds is 6. The summed E-state index contributed by atoms with van der Waals surface area (Å²) in [6, 6.07) is 14.5. The van der Waals surface area contributed by atoms with Crippen molar-refractivity contribution in [3.63, 3.8) is 0 Å². The molecule has 5 heteroatoms. The SMILES string of the molecule is CSCCn1c(=NC(=O)CCc2ccccc2)sc2cc(C)c(C)cc21. The molecule has 0 fully saturated rings. The molecule has 136 valence electrons. The molecule has 0 aliphatic heterocycles. The Morgan fingerprint density at radius 3 is 2.62 bits per heavy atom. The van der Waals surface area contributed by atoms with E-state index < -0.39 is 0 Å². The van der Waals surface area contributed by atoms with Gasteiger partial charge in [-0.3, -0.25) is 4.79 Å². The minimum Gasteiger partial charge on any atom is -0.316 e. The molecule has 0 aliphatic carbocycles. The Morgan fingerprint density at radius 1 is 1.15 bits per heavy atom. The number of aryl methyl sites for hydroxylation is 4. The summed E-state index contributed by atoms with van der Waals surface area (Å²) in [6.07, 6.45) is 3.28. The molecule has 0 N–H and O–H groups in total. The zero-order valence-electron chi connectivity index (χ0n) is 15.5. The summed E-state index contributed by atoms with van der Waals surface area (Å²) < 4.78 is 3.40. The Balaban J connectivity index is 1.91. The number of fused-ring (bicyclic) bond motifs is 1. The predicted octanol–water partition coefficient (Wildman–Crippen LogP) is 4.74. The van der Waals surface area contributed by atoms with Crippen LogP contribution in [0.5, 0.6) is 0 Å². The lowest BCUT2D eigenvalue weighted by Gasteiger charge is -2.06. The summed E-state index contributed by atoms with van der Waals surface area (Å²) in [7, 11) is 0. The molecule has 0 atom stereocenters. The topological polar surface area (TPSA) is 34.4 Å². The molecule has 0 saturated carbocycles. The first-order valence-electron chi connectivity index (χ1n) is 8.79. The lowest BCUT2D eigenvalue weighted by molar-refractivity contribution is -0.118. The third kappa shape index (κ3) is 4.46. The van der Waals surface area contributed by atoms with Crippen molar-refractivity contribution < 1.29 is 4.79 Å². The van der Waals surface area contributed by atoms with Gasteiger partial charge in [0, 0.05) is 18.7 Å². The van der Waals surface area contributed by atoms with Gasteiger partial charge in [-0.25, -0.2) is 0 Å². The highest BCUT2D eigenvalue weighted by Gasteiger charge is 2.10. The first-order chi connectivity index (χ1) is 12.6. The van der Waals surface area contributed by atoms with E-state index in [2.05, 4.69) is 53.9 Å². The lowest BCUT2D eigenvalue weighted by Crippen LogP contribution is -2.18. The van der Waals surface area contributed by atoms with Crippen molar-refractivity contribution in [2.45, 2.75) is 33.2 Å². The van der Waals surface area contributed by atoms with Crippen LogP contribution in [0.25, 0.3) is 10.2 Å². The zero-order chi connectivity index (χ0) is 18.5. The molecule has 1 aromatic heterocycles. The van der Waals surface area contributed by atoms with Gasteiger partial charge in [0.15, 0.2) is 4.80 Å². The van der Waals surface area contributed by atoms with Crippen molar-refractivity contribution in [2.75, 3.05) is 12.0 Å². The first kappa shape index (κ1) is 18.9. The number of benzene rings is 2. The van der Waals surface area contributed by atoms with E-state index in [1.165, 1.54) is 26.9 Å². The number of nitrogens with zero attached hydrogens (tertiary/aromatic N) is 2. The monoisotopic (exact) mass is 384 g/mol. The van der Waals surface area contributed by atoms with Crippen LogP contribution >= 0.6 is 23.1 Å². The highest BCUT2D eigenvalue weighted by atomic mass is 32.2. The number of carbonyl (C=O) groups excluding carboxylic acids is 1. The normalized spacial score (nSPS) is 12.0. The highest BCUT2D eigenvalue weighted by Crippen LogP contribution is 2.22. The van der Waals surface area contributed by atoms with E-state index >= 15 is 0 Å². The molecule has 1 amide bonds. The number of aromatic nitrogens is 1. The van der Waals surface area contributed by atoms with Crippen molar-refractivity contribution in [1.82, 2.24) is 4.57 Å². The second-order valence-electron chi connectivity index (χ2n) is 6.42. The molecule has 3 rings (SSSR count). The molecule has 0 radical (unpaired) electrons. The van der Waals surface area contributed by atoms with Gasteiger partial charge in [0.05, 0.1) is 10.2 Å². The summed E-state index contributed by atoms with van der Waals surface area (Å²) in [5, 5.41) is 0. The molecule has 0 aliphatic rings. The molecule has 1 heterocycles.